The van der Waals surface area contributed by atoms with Crippen molar-refractivity contribution in [3.05, 3.63) is 77.0 Å². The molecule has 10 heteroatoms. The minimum absolute atomic E-state index is 0.195. The monoisotopic (exact) mass is 529 g/mol. The second-order valence-corrected chi connectivity index (χ2v) is 9.35. The van der Waals surface area contributed by atoms with E-state index in [-0.39, 0.29) is 24.6 Å². The molecule has 0 bridgehead atoms. The van der Waals surface area contributed by atoms with Crippen LogP contribution in [0.5, 0.6) is 0 Å². The smallest absolute Gasteiger partial charge is 0.383 e. The Morgan fingerprint density at radius 3 is 2.26 bits per heavy atom. The van der Waals surface area contributed by atoms with Crippen LogP contribution in [0, 0.1) is 6.92 Å². The first kappa shape index (κ1) is 27.7. The Balaban J connectivity index is 1.70. The van der Waals surface area contributed by atoms with Gasteiger partial charge in [0, 0.05) is 51.0 Å². The van der Waals surface area contributed by atoms with Gasteiger partial charge >= 0.3 is 6.18 Å². The second kappa shape index (κ2) is 12.0. The molecule has 0 aliphatic carbocycles. The maximum absolute atomic E-state index is 13.5. The van der Waals surface area contributed by atoms with Crippen LogP contribution in [0.3, 0.4) is 0 Å². The van der Waals surface area contributed by atoms with E-state index in [2.05, 4.69) is 16.7 Å². The molecule has 3 aromatic rings. The molecule has 204 valence electrons. The van der Waals surface area contributed by atoms with Crippen LogP contribution in [0.2, 0.25) is 0 Å². The summed E-state index contributed by atoms with van der Waals surface area (Å²) in [7, 11) is 1.55. The van der Waals surface area contributed by atoms with E-state index in [9.17, 15) is 18.0 Å². The van der Waals surface area contributed by atoms with E-state index in [1.807, 2.05) is 41.9 Å². The number of carbonyl (C=O) groups excluding carboxylic acids is 1. The van der Waals surface area contributed by atoms with E-state index in [0.717, 1.165) is 67.6 Å². The van der Waals surface area contributed by atoms with Crippen molar-refractivity contribution in [2.75, 3.05) is 57.9 Å². The van der Waals surface area contributed by atoms with Gasteiger partial charge in [0.25, 0.3) is 5.91 Å². The minimum atomic E-state index is -4.46. The average molecular weight is 530 g/mol. The van der Waals surface area contributed by atoms with Crippen molar-refractivity contribution in [2.45, 2.75) is 26.6 Å². The number of piperazine rings is 1. The quantitative estimate of drug-likeness (QED) is 0.405. The van der Waals surface area contributed by atoms with Gasteiger partial charge in [-0.1, -0.05) is 25.1 Å². The second-order valence-electron chi connectivity index (χ2n) is 9.35. The van der Waals surface area contributed by atoms with Gasteiger partial charge in [-0.25, -0.2) is 4.68 Å². The summed E-state index contributed by atoms with van der Waals surface area (Å²) in [6.07, 6.45) is -4.46. The zero-order chi connectivity index (χ0) is 27.3. The average Bonchev–Trinajstić information content (AvgIpc) is 3.26. The van der Waals surface area contributed by atoms with Gasteiger partial charge in [-0.15, -0.1) is 0 Å². The number of ether oxygens (including phenoxy) is 1. The summed E-state index contributed by atoms with van der Waals surface area (Å²) in [5.41, 5.74) is 2.04. The topological polar surface area (TPSA) is 53.8 Å². The number of hydrogen-bond donors (Lipinski definition) is 0. The summed E-state index contributed by atoms with van der Waals surface area (Å²) >= 11 is 0. The molecule has 1 fully saturated rings. The van der Waals surface area contributed by atoms with Crippen LogP contribution < -0.4 is 4.90 Å². The van der Waals surface area contributed by atoms with Crippen molar-refractivity contribution in [3.8, 4) is 5.69 Å². The number of rotatable bonds is 9. The molecule has 0 radical (unpaired) electrons. The lowest BCUT2D eigenvalue weighted by molar-refractivity contribution is -0.137. The van der Waals surface area contributed by atoms with Gasteiger partial charge in [-0.3, -0.25) is 4.79 Å². The van der Waals surface area contributed by atoms with E-state index in [1.54, 1.807) is 12.0 Å². The number of methoxy groups -OCH3 is 1. The number of halogens is 3. The van der Waals surface area contributed by atoms with E-state index in [1.165, 1.54) is 12.1 Å². The first-order valence-electron chi connectivity index (χ1n) is 12.8. The van der Waals surface area contributed by atoms with Crippen molar-refractivity contribution in [1.82, 2.24) is 19.6 Å². The lowest BCUT2D eigenvalue weighted by Crippen LogP contribution is -2.47. The highest BCUT2D eigenvalue weighted by Gasteiger charge is 2.31. The van der Waals surface area contributed by atoms with E-state index in [4.69, 9.17) is 9.84 Å². The van der Waals surface area contributed by atoms with Gasteiger partial charge in [0.1, 0.15) is 5.82 Å². The molecule has 4 rings (SSSR count). The molecule has 7 nitrogen and oxygen atoms in total. The molecule has 0 saturated carbocycles. The van der Waals surface area contributed by atoms with Crippen LogP contribution in [0.4, 0.5) is 19.0 Å². The highest BCUT2D eigenvalue weighted by atomic mass is 19.4. The zero-order valence-electron chi connectivity index (χ0n) is 22.0. The van der Waals surface area contributed by atoms with Gasteiger partial charge in [0.15, 0.2) is 0 Å². The molecule has 0 unspecified atom stereocenters. The number of aryl methyl sites for hydroxylation is 1. The Labute approximate surface area is 221 Å². The third-order valence-corrected chi connectivity index (χ3v) is 6.94. The number of para-hydroxylation sites is 1. The number of amides is 1. The van der Waals surface area contributed by atoms with Crippen LogP contribution >= 0.6 is 0 Å². The predicted molar refractivity (Wildman–Crippen MR) is 141 cm³/mol. The number of likely N-dealkylation sites (N-methyl/N-ethyl adjacent to an activating group) is 1. The van der Waals surface area contributed by atoms with Gasteiger partial charge in [0.05, 0.1) is 30.1 Å². The summed E-state index contributed by atoms with van der Waals surface area (Å²) in [6, 6.07) is 14.2. The molecule has 1 amide bonds. The van der Waals surface area contributed by atoms with Crippen molar-refractivity contribution in [2.24, 2.45) is 0 Å². The van der Waals surface area contributed by atoms with E-state index < -0.39 is 11.7 Å². The predicted octanol–water partition coefficient (Wildman–Crippen LogP) is 4.63. The molecule has 1 aromatic heterocycles. The number of alkyl halides is 3. The summed E-state index contributed by atoms with van der Waals surface area (Å²) in [5, 5.41) is 4.87. The molecule has 0 atom stereocenters. The number of benzene rings is 2. The van der Waals surface area contributed by atoms with Crippen molar-refractivity contribution in [3.63, 3.8) is 0 Å². The third-order valence-electron chi connectivity index (χ3n) is 6.94. The maximum Gasteiger partial charge on any atom is 0.416 e. The van der Waals surface area contributed by atoms with Crippen LogP contribution in [0.15, 0.2) is 54.6 Å². The van der Waals surface area contributed by atoms with Gasteiger partial charge < -0.3 is 19.4 Å². The third kappa shape index (κ3) is 6.19. The Kier molecular flexibility index (Phi) is 8.73. The van der Waals surface area contributed by atoms with E-state index >= 15 is 0 Å². The molecule has 0 N–H and O–H groups in total. The van der Waals surface area contributed by atoms with Gasteiger partial charge in [-0.05, 0) is 49.9 Å². The summed E-state index contributed by atoms with van der Waals surface area (Å²) in [4.78, 5) is 19.8. The largest absolute Gasteiger partial charge is 0.416 e. The van der Waals surface area contributed by atoms with Crippen LogP contribution in [-0.4, -0.2) is 78.5 Å². The van der Waals surface area contributed by atoms with Crippen LogP contribution in [0.25, 0.3) is 5.69 Å². The minimum Gasteiger partial charge on any atom is -0.383 e. The first-order chi connectivity index (χ1) is 18.2. The lowest BCUT2D eigenvalue weighted by Gasteiger charge is -2.36. The number of nitrogens with zero attached hydrogens (tertiary/aromatic N) is 5. The van der Waals surface area contributed by atoms with Crippen molar-refractivity contribution in [1.29, 1.82) is 0 Å². The number of anilines is 1. The molecule has 1 saturated heterocycles. The number of carbonyl (C=O) groups is 1. The number of aromatic nitrogens is 2. The summed E-state index contributed by atoms with van der Waals surface area (Å²) < 4.78 is 46.4. The van der Waals surface area contributed by atoms with Crippen LogP contribution in [-0.2, 0) is 17.5 Å². The fraction of sp³-hybridized carbons (Fsp3) is 0.429. The standard InChI is InChI=1S/C28H34F3N5O2/c1-4-33-14-16-34(17-15-33)26-25(21(2)32-36(26)24-8-6-5-7-9-24)20-35(18-19-38-3)27(37)22-10-12-23(13-11-22)28(29,30)31/h5-13H,4,14-20H2,1-3H3. The Morgan fingerprint density at radius 1 is 1.03 bits per heavy atom. The Morgan fingerprint density at radius 2 is 1.68 bits per heavy atom. The Hall–Kier alpha value is -3.37. The highest BCUT2D eigenvalue weighted by molar-refractivity contribution is 5.94. The number of hydrogen-bond acceptors (Lipinski definition) is 5. The molecule has 1 aliphatic rings. The molecule has 0 spiro atoms. The van der Waals surface area contributed by atoms with Crippen LogP contribution in [0.1, 0.15) is 34.1 Å². The SMILES string of the molecule is CCN1CCN(c2c(CN(CCOC)C(=O)c3ccc(C(F)(F)F)cc3)c(C)nn2-c2ccccc2)CC1. The molecular formula is C28H34F3N5O2. The Bertz CT molecular complexity index is 1200. The molecule has 2 heterocycles. The van der Waals surface area contributed by atoms with Crippen molar-refractivity contribution >= 4 is 11.7 Å². The lowest BCUT2D eigenvalue weighted by atomic mass is 10.1. The molecule has 38 heavy (non-hydrogen) atoms. The molecule has 2 aromatic carbocycles. The molecule has 1 aliphatic heterocycles. The van der Waals surface area contributed by atoms with E-state index in [0.29, 0.717) is 6.61 Å². The fourth-order valence-electron chi connectivity index (χ4n) is 4.71. The first-order valence-corrected chi connectivity index (χ1v) is 12.8. The summed E-state index contributed by atoms with van der Waals surface area (Å²) in [6.45, 7) is 9.40. The zero-order valence-corrected chi connectivity index (χ0v) is 22.0. The maximum atomic E-state index is 13.5. The van der Waals surface area contributed by atoms with Gasteiger partial charge in [-0.2, -0.15) is 18.3 Å². The normalized spacial score (nSPS) is 14.6. The fourth-order valence-corrected chi connectivity index (χ4v) is 4.71. The van der Waals surface area contributed by atoms with Crippen molar-refractivity contribution < 1.29 is 22.7 Å². The highest BCUT2D eigenvalue weighted by Crippen LogP contribution is 2.31. The summed E-state index contributed by atoms with van der Waals surface area (Å²) in [5.74, 6) is 0.580. The van der Waals surface area contributed by atoms with Gasteiger partial charge in [0.2, 0.25) is 0 Å². The molecular weight excluding hydrogens is 495 g/mol.